The number of likely N-dealkylation sites (N-methyl/N-ethyl adjacent to an activating group) is 1. The largest absolute Gasteiger partial charge is 0.497 e. The zero-order valence-electron chi connectivity index (χ0n) is 12.4. The van der Waals surface area contributed by atoms with E-state index in [4.69, 9.17) is 4.74 Å². The molecule has 1 aliphatic heterocycles. The summed E-state index contributed by atoms with van der Waals surface area (Å²) in [4.78, 5) is 2.39. The van der Waals surface area contributed by atoms with E-state index < -0.39 is 0 Å². The molecule has 0 amide bonds. The van der Waals surface area contributed by atoms with Gasteiger partial charge in [0, 0.05) is 19.1 Å². The van der Waals surface area contributed by atoms with E-state index in [9.17, 15) is 0 Å². The Labute approximate surface area is 116 Å². The third kappa shape index (κ3) is 4.51. The number of ether oxygens (including phenoxy) is 1. The molecule has 1 saturated heterocycles. The van der Waals surface area contributed by atoms with Crippen LogP contribution >= 0.6 is 0 Å². The van der Waals surface area contributed by atoms with Gasteiger partial charge in [-0.05, 0) is 50.0 Å². The topological polar surface area (TPSA) is 24.5 Å². The van der Waals surface area contributed by atoms with Crippen LogP contribution in [0.5, 0.6) is 5.75 Å². The molecule has 0 spiro atoms. The van der Waals surface area contributed by atoms with E-state index >= 15 is 0 Å². The van der Waals surface area contributed by atoms with E-state index in [1.54, 1.807) is 7.11 Å². The van der Waals surface area contributed by atoms with Crippen molar-refractivity contribution in [1.29, 1.82) is 0 Å². The fourth-order valence-corrected chi connectivity index (χ4v) is 2.88. The van der Waals surface area contributed by atoms with Crippen molar-refractivity contribution in [1.82, 2.24) is 10.2 Å². The summed E-state index contributed by atoms with van der Waals surface area (Å²) in [5.74, 6) is 1.80. The number of rotatable bonds is 5. The Morgan fingerprint density at radius 1 is 1.42 bits per heavy atom. The van der Waals surface area contributed by atoms with E-state index in [2.05, 4.69) is 42.4 Å². The van der Waals surface area contributed by atoms with Crippen molar-refractivity contribution in [3.05, 3.63) is 29.8 Å². The Balaban J connectivity index is 1.84. The second kappa shape index (κ2) is 6.92. The van der Waals surface area contributed by atoms with Crippen molar-refractivity contribution >= 4 is 0 Å². The fourth-order valence-electron chi connectivity index (χ4n) is 2.88. The van der Waals surface area contributed by atoms with Crippen LogP contribution in [0.4, 0.5) is 0 Å². The summed E-state index contributed by atoms with van der Waals surface area (Å²) in [6.45, 7) is 5.61. The average molecular weight is 262 g/mol. The molecule has 1 fully saturated rings. The lowest BCUT2D eigenvalue weighted by atomic mass is 9.94. The minimum atomic E-state index is 0.638. The van der Waals surface area contributed by atoms with Crippen LogP contribution in [0.1, 0.15) is 25.3 Å². The van der Waals surface area contributed by atoms with Gasteiger partial charge in [0.2, 0.25) is 0 Å². The highest BCUT2D eigenvalue weighted by Gasteiger charge is 2.19. The summed E-state index contributed by atoms with van der Waals surface area (Å²) in [5, 5.41) is 3.62. The molecule has 3 heteroatoms. The van der Waals surface area contributed by atoms with Crippen LogP contribution < -0.4 is 10.1 Å². The first-order valence-corrected chi connectivity index (χ1v) is 7.22. The van der Waals surface area contributed by atoms with Crippen molar-refractivity contribution in [2.75, 3.05) is 27.2 Å². The second-order valence-electron chi connectivity index (χ2n) is 5.83. The summed E-state index contributed by atoms with van der Waals surface area (Å²) in [6, 6.07) is 8.97. The van der Waals surface area contributed by atoms with Crippen LogP contribution in [0.25, 0.3) is 0 Å². The Kier molecular flexibility index (Phi) is 5.23. The van der Waals surface area contributed by atoms with Crippen LogP contribution in [-0.4, -0.2) is 38.2 Å². The van der Waals surface area contributed by atoms with E-state index in [-0.39, 0.29) is 0 Å². The highest BCUT2D eigenvalue weighted by atomic mass is 16.5. The summed E-state index contributed by atoms with van der Waals surface area (Å²) < 4.78 is 5.27. The second-order valence-corrected chi connectivity index (χ2v) is 5.83. The number of methoxy groups -OCH3 is 1. The molecule has 106 valence electrons. The molecule has 2 rings (SSSR count). The minimum Gasteiger partial charge on any atom is -0.497 e. The van der Waals surface area contributed by atoms with Gasteiger partial charge in [0.05, 0.1) is 7.11 Å². The van der Waals surface area contributed by atoms with Gasteiger partial charge in [-0.25, -0.2) is 0 Å². The summed E-state index contributed by atoms with van der Waals surface area (Å²) in [5.41, 5.74) is 1.31. The Morgan fingerprint density at radius 2 is 2.26 bits per heavy atom. The van der Waals surface area contributed by atoms with Gasteiger partial charge in [0.15, 0.2) is 0 Å². The maximum Gasteiger partial charge on any atom is 0.119 e. The first-order valence-electron chi connectivity index (χ1n) is 7.22. The molecular formula is C16H26N2O. The Hall–Kier alpha value is -1.06. The predicted octanol–water partition coefficient (Wildman–Crippen LogP) is 2.52. The third-order valence-corrected chi connectivity index (χ3v) is 3.88. The predicted molar refractivity (Wildman–Crippen MR) is 79.5 cm³/mol. The molecule has 1 aromatic carbocycles. The monoisotopic (exact) mass is 262 g/mol. The fraction of sp³-hybridized carbons (Fsp3) is 0.625. The number of benzene rings is 1. The van der Waals surface area contributed by atoms with Crippen LogP contribution in [0, 0.1) is 5.92 Å². The summed E-state index contributed by atoms with van der Waals surface area (Å²) >= 11 is 0. The first-order chi connectivity index (χ1) is 9.17. The zero-order valence-corrected chi connectivity index (χ0v) is 12.4. The molecule has 0 bridgehead atoms. The van der Waals surface area contributed by atoms with E-state index in [0.29, 0.717) is 6.04 Å². The molecule has 0 radical (unpaired) electrons. The molecule has 2 unspecified atom stereocenters. The molecule has 1 heterocycles. The smallest absolute Gasteiger partial charge is 0.119 e. The molecule has 2 atom stereocenters. The standard InChI is InChI=1S/C16H26N2O/c1-13-7-8-17-15(9-13)12-18(2)11-14-5-4-6-16(10-14)19-3/h4-6,10,13,15,17H,7-9,11-12H2,1-3H3. The van der Waals surface area contributed by atoms with Gasteiger partial charge in [-0.15, -0.1) is 0 Å². The molecule has 0 aliphatic carbocycles. The van der Waals surface area contributed by atoms with Gasteiger partial charge in [-0.3, -0.25) is 0 Å². The van der Waals surface area contributed by atoms with Gasteiger partial charge >= 0.3 is 0 Å². The lowest BCUT2D eigenvalue weighted by Gasteiger charge is -2.31. The molecule has 1 aromatic rings. The third-order valence-electron chi connectivity index (χ3n) is 3.88. The minimum absolute atomic E-state index is 0.638. The van der Waals surface area contributed by atoms with Crippen LogP contribution in [0.2, 0.25) is 0 Å². The maximum absolute atomic E-state index is 5.27. The number of piperidine rings is 1. The Bertz CT molecular complexity index is 394. The van der Waals surface area contributed by atoms with E-state index in [1.165, 1.54) is 24.9 Å². The number of nitrogens with one attached hydrogen (secondary N) is 1. The van der Waals surface area contributed by atoms with Crippen molar-refractivity contribution in [2.24, 2.45) is 5.92 Å². The average Bonchev–Trinajstić information content (AvgIpc) is 2.38. The lowest BCUT2D eigenvalue weighted by Crippen LogP contribution is -2.44. The first kappa shape index (κ1) is 14.4. The van der Waals surface area contributed by atoms with E-state index in [1.807, 2.05) is 6.07 Å². The van der Waals surface area contributed by atoms with Gasteiger partial charge < -0.3 is 15.0 Å². The molecule has 3 nitrogen and oxygen atoms in total. The number of hydrogen-bond donors (Lipinski definition) is 1. The maximum atomic E-state index is 5.27. The van der Waals surface area contributed by atoms with Crippen LogP contribution in [-0.2, 0) is 6.54 Å². The molecule has 19 heavy (non-hydrogen) atoms. The quantitative estimate of drug-likeness (QED) is 0.882. The highest BCUT2D eigenvalue weighted by Crippen LogP contribution is 2.17. The molecule has 1 N–H and O–H groups in total. The van der Waals surface area contributed by atoms with Crippen LogP contribution in [0.3, 0.4) is 0 Å². The zero-order chi connectivity index (χ0) is 13.7. The van der Waals surface area contributed by atoms with Crippen molar-refractivity contribution in [3.8, 4) is 5.75 Å². The normalized spacial score (nSPS) is 23.6. The van der Waals surface area contributed by atoms with Crippen molar-refractivity contribution < 1.29 is 4.74 Å². The van der Waals surface area contributed by atoms with E-state index in [0.717, 1.165) is 24.8 Å². The molecule has 0 aromatic heterocycles. The SMILES string of the molecule is COc1cccc(CN(C)CC2CC(C)CCN2)c1. The molecular weight excluding hydrogens is 236 g/mol. The Morgan fingerprint density at radius 3 is 3.00 bits per heavy atom. The summed E-state index contributed by atoms with van der Waals surface area (Å²) in [6.07, 6.45) is 2.61. The van der Waals surface area contributed by atoms with Crippen molar-refractivity contribution in [3.63, 3.8) is 0 Å². The number of nitrogens with zero attached hydrogens (tertiary/aromatic N) is 1. The lowest BCUT2D eigenvalue weighted by molar-refractivity contribution is 0.230. The van der Waals surface area contributed by atoms with Gasteiger partial charge in [-0.2, -0.15) is 0 Å². The molecule has 1 aliphatic rings. The van der Waals surface area contributed by atoms with Gasteiger partial charge in [0.25, 0.3) is 0 Å². The van der Waals surface area contributed by atoms with Crippen LogP contribution in [0.15, 0.2) is 24.3 Å². The van der Waals surface area contributed by atoms with Gasteiger partial charge in [-0.1, -0.05) is 19.1 Å². The van der Waals surface area contributed by atoms with Gasteiger partial charge in [0.1, 0.15) is 5.75 Å². The summed E-state index contributed by atoms with van der Waals surface area (Å²) in [7, 11) is 3.91. The highest BCUT2D eigenvalue weighted by molar-refractivity contribution is 5.28. The molecule has 0 saturated carbocycles. The van der Waals surface area contributed by atoms with Crippen molar-refractivity contribution in [2.45, 2.75) is 32.4 Å². The number of hydrogen-bond acceptors (Lipinski definition) is 3.